The minimum atomic E-state index is -0.628. The fourth-order valence-electron chi connectivity index (χ4n) is 3.86. The van der Waals surface area contributed by atoms with E-state index in [4.69, 9.17) is 9.47 Å². The molecule has 30 heavy (non-hydrogen) atoms. The van der Waals surface area contributed by atoms with Crippen molar-refractivity contribution in [1.82, 2.24) is 9.80 Å². The van der Waals surface area contributed by atoms with Gasteiger partial charge in [0.2, 0.25) is 0 Å². The molecule has 2 saturated heterocycles. The lowest BCUT2D eigenvalue weighted by Gasteiger charge is -2.29. The van der Waals surface area contributed by atoms with Gasteiger partial charge in [0.25, 0.3) is 0 Å². The summed E-state index contributed by atoms with van der Waals surface area (Å²) in [6.45, 7) is 11.7. The maximum absolute atomic E-state index is 12.7. The van der Waals surface area contributed by atoms with E-state index in [9.17, 15) is 19.2 Å². The van der Waals surface area contributed by atoms with Gasteiger partial charge in [-0.05, 0) is 67.2 Å². The zero-order valence-corrected chi connectivity index (χ0v) is 19.2. The standard InChI is InChI=1S/C22H36N2O6/c1-21(2,3)29-19(27)23-13-7-9-15(23)17(25)11-12-18(26)16-10-8-14-24(16)20(28)30-22(4,5)6/h15-16H,7-14H2,1-6H3/t15-,16+. The number of likely N-dealkylation sites (tertiary alicyclic amines) is 2. The monoisotopic (exact) mass is 424 g/mol. The first-order valence-corrected chi connectivity index (χ1v) is 10.8. The maximum Gasteiger partial charge on any atom is 0.410 e. The minimum absolute atomic E-state index is 0.0570. The van der Waals surface area contributed by atoms with Gasteiger partial charge in [-0.25, -0.2) is 9.59 Å². The fourth-order valence-corrected chi connectivity index (χ4v) is 3.86. The summed E-state index contributed by atoms with van der Waals surface area (Å²) in [6.07, 6.45) is 1.77. The highest BCUT2D eigenvalue weighted by Crippen LogP contribution is 2.25. The number of amides is 2. The molecule has 170 valence electrons. The first-order chi connectivity index (χ1) is 13.8. The first-order valence-electron chi connectivity index (χ1n) is 10.8. The Morgan fingerprint density at radius 2 is 1.03 bits per heavy atom. The van der Waals surface area contributed by atoms with E-state index in [1.807, 2.05) is 0 Å². The van der Waals surface area contributed by atoms with E-state index in [1.165, 1.54) is 9.80 Å². The third-order valence-corrected chi connectivity index (χ3v) is 5.12. The van der Waals surface area contributed by atoms with E-state index in [2.05, 4.69) is 0 Å². The van der Waals surface area contributed by atoms with Crippen LogP contribution in [-0.2, 0) is 19.1 Å². The van der Waals surface area contributed by atoms with Crippen LogP contribution in [0.3, 0.4) is 0 Å². The highest BCUT2D eigenvalue weighted by molar-refractivity contribution is 5.94. The van der Waals surface area contributed by atoms with E-state index in [0.717, 1.165) is 12.8 Å². The Hall–Kier alpha value is -2.12. The van der Waals surface area contributed by atoms with Crippen LogP contribution < -0.4 is 0 Å². The van der Waals surface area contributed by atoms with Crippen LogP contribution in [0.25, 0.3) is 0 Å². The lowest BCUT2D eigenvalue weighted by Crippen LogP contribution is -2.44. The molecule has 0 radical (unpaired) electrons. The molecule has 0 aliphatic carbocycles. The van der Waals surface area contributed by atoms with Crippen molar-refractivity contribution in [3.05, 3.63) is 0 Å². The second-order valence-electron chi connectivity index (χ2n) is 10.1. The Kier molecular flexibility index (Phi) is 7.53. The number of hydrogen-bond acceptors (Lipinski definition) is 6. The molecule has 2 aliphatic rings. The number of Topliss-reactive ketones (excluding diaryl/α,β-unsaturated/α-hetero) is 2. The van der Waals surface area contributed by atoms with Gasteiger partial charge in [0.1, 0.15) is 11.2 Å². The van der Waals surface area contributed by atoms with E-state index in [0.29, 0.717) is 25.9 Å². The molecule has 0 aromatic carbocycles. The molecule has 0 unspecified atom stereocenters. The largest absolute Gasteiger partial charge is 0.444 e. The second kappa shape index (κ2) is 9.35. The van der Waals surface area contributed by atoms with Crippen molar-refractivity contribution in [2.75, 3.05) is 13.1 Å². The fraction of sp³-hybridized carbons (Fsp3) is 0.818. The summed E-state index contributed by atoms with van der Waals surface area (Å²) < 4.78 is 10.8. The molecule has 2 aliphatic heterocycles. The molecule has 0 N–H and O–H groups in total. The van der Waals surface area contributed by atoms with Gasteiger partial charge in [0.05, 0.1) is 12.1 Å². The van der Waals surface area contributed by atoms with Gasteiger partial charge in [0.15, 0.2) is 11.6 Å². The molecule has 2 amide bonds. The van der Waals surface area contributed by atoms with E-state index < -0.39 is 35.5 Å². The lowest BCUT2D eigenvalue weighted by atomic mass is 10.00. The molecule has 0 aromatic rings. The van der Waals surface area contributed by atoms with E-state index in [-0.39, 0.29) is 24.4 Å². The van der Waals surface area contributed by atoms with Crippen LogP contribution in [0.5, 0.6) is 0 Å². The average Bonchev–Trinajstić information content (AvgIpc) is 3.25. The summed E-state index contributed by atoms with van der Waals surface area (Å²) in [4.78, 5) is 53.2. The Balaban J connectivity index is 1.91. The number of carbonyl (C=O) groups excluding carboxylic acids is 4. The summed E-state index contributed by atoms with van der Waals surface area (Å²) in [5.74, 6) is -0.262. The molecule has 8 nitrogen and oxygen atoms in total. The summed E-state index contributed by atoms with van der Waals surface area (Å²) >= 11 is 0. The Morgan fingerprint density at radius 1 is 0.700 bits per heavy atom. The molecule has 2 rings (SSSR count). The van der Waals surface area contributed by atoms with E-state index >= 15 is 0 Å². The number of carbonyl (C=O) groups is 4. The van der Waals surface area contributed by atoms with Crippen molar-refractivity contribution in [3.63, 3.8) is 0 Å². The maximum atomic E-state index is 12.7. The lowest BCUT2D eigenvalue weighted by molar-refractivity contribution is -0.128. The van der Waals surface area contributed by atoms with Crippen molar-refractivity contribution >= 4 is 23.8 Å². The van der Waals surface area contributed by atoms with Gasteiger partial charge in [0, 0.05) is 25.9 Å². The van der Waals surface area contributed by atoms with Crippen LogP contribution in [0, 0.1) is 0 Å². The predicted molar refractivity (Wildman–Crippen MR) is 111 cm³/mol. The molecule has 2 fully saturated rings. The first kappa shape index (κ1) is 24.2. The number of ketones is 2. The summed E-state index contributed by atoms with van der Waals surface area (Å²) in [5, 5.41) is 0. The van der Waals surface area contributed by atoms with Gasteiger partial charge in [-0.3, -0.25) is 19.4 Å². The van der Waals surface area contributed by atoms with Crippen LogP contribution in [0.15, 0.2) is 0 Å². The summed E-state index contributed by atoms with van der Waals surface area (Å²) in [6, 6.07) is -1.09. The van der Waals surface area contributed by atoms with Crippen LogP contribution in [0.4, 0.5) is 9.59 Å². The Morgan fingerprint density at radius 3 is 1.33 bits per heavy atom. The van der Waals surface area contributed by atoms with Gasteiger partial charge in [-0.1, -0.05) is 0 Å². The number of hydrogen-bond donors (Lipinski definition) is 0. The molecular weight excluding hydrogens is 388 g/mol. The van der Waals surface area contributed by atoms with Crippen LogP contribution in [-0.4, -0.2) is 69.9 Å². The quantitative estimate of drug-likeness (QED) is 0.668. The van der Waals surface area contributed by atoms with Crippen molar-refractivity contribution in [2.24, 2.45) is 0 Å². The zero-order valence-electron chi connectivity index (χ0n) is 19.2. The SMILES string of the molecule is CC(C)(C)OC(=O)N1CCC[C@@H]1C(=O)CCC(=O)[C@@H]1CCCN1C(=O)OC(C)(C)C. The molecule has 8 heteroatoms. The summed E-state index contributed by atoms with van der Waals surface area (Å²) in [7, 11) is 0. The van der Waals surface area contributed by atoms with Crippen molar-refractivity contribution < 1.29 is 28.7 Å². The minimum Gasteiger partial charge on any atom is -0.444 e. The van der Waals surface area contributed by atoms with Gasteiger partial charge in [-0.15, -0.1) is 0 Å². The van der Waals surface area contributed by atoms with Crippen molar-refractivity contribution in [3.8, 4) is 0 Å². The molecule has 0 aromatic heterocycles. The molecule has 0 saturated carbocycles. The Bertz CT molecular complexity index is 618. The van der Waals surface area contributed by atoms with E-state index in [1.54, 1.807) is 41.5 Å². The van der Waals surface area contributed by atoms with Gasteiger partial charge < -0.3 is 9.47 Å². The second-order valence-corrected chi connectivity index (χ2v) is 10.1. The van der Waals surface area contributed by atoms with Crippen LogP contribution >= 0.6 is 0 Å². The third-order valence-electron chi connectivity index (χ3n) is 5.12. The molecule has 2 heterocycles. The smallest absolute Gasteiger partial charge is 0.410 e. The van der Waals surface area contributed by atoms with Gasteiger partial charge in [-0.2, -0.15) is 0 Å². The summed E-state index contributed by atoms with van der Waals surface area (Å²) in [5.41, 5.74) is -1.26. The van der Waals surface area contributed by atoms with Crippen molar-refractivity contribution in [1.29, 1.82) is 0 Å². The normalized spacial score (nSPS) is 22.2. The highest BCUT2D eigenvalue weighted by atomic mass is 16.6. The molecule has 0 bridgehead atoms. The number of rotatable bonds is 5. The number of ether oxygens (including phenoxy) is 2. The average molecular weight is 425 g/mol. The highest BCUT2D eigenvalue weighted by Gasteiger charge is 2.39. The van der Waals surface area contributed by atoms with Crippen LogP contribution in [0.2, 0.25) is 0 Å². The third kappa shape index (κ3) is 6.71. The topological polar surface area (TPSA) is 93.2 Å². The predicted octanol–water partition coefficient (Wildman–Crippen LogP) is 3.70. The Labute approximate surface area is 179 Å². The molecule has 2 atom stereocenters. The van der Waals surface area contributed by atoms with Crippen molar-refractivity contribution in [2.45, 2.75) is 103 Å². The van der Waals surface area contributed by atoms with Gasteiger partial charge >= 0.3 is 12.2 Å². The zero-order chi connectivity index (χ0) is 22.7. The molecule has 0 spiro atoms. The number of nitrogens with zero attached hydrogens (tertiary/aromatic N) is 2. The van der Waals surface area contributed by atoms with Crippen LogP contribution in [0.1, 0.15) is 80.1 Å². The molecular formula is C22H36N2O6.